The van der Waals surface area contributed by atoms with Gasteiger partial charge in [0.25, 0.3) is 0 Å². The molecule has 0 amide bonds. The molecule has 0 unspecified atom stereocenters. The van der Waals surface area contributed by atoms with Crippen LogP contribution in [0.1, 0.15) is 36.8 Å². The number of primary sulfonamides is 1. The molecule has 1 saturated carbocycles. The maximum atomic E-state index is 14.4. The van der Waals surface area contributed by atoms with E-state index in [9.17, 15) is 12.8 Å². The zero-order chi connectivity index (χ0) is 19.1. The fraction of sp³-hybridized carbons (Fsp3) is 0.500. The van der Waals surface area contributed by atoms with Crippen LogP contribution in [0, 0.1) is 12.7 Å². The molecule has 1 fully saturated rings. The van der Waals surface area contributed by atoms with Gasteiger partial charge in [0.2, 0.25) is 10.0 Å². The van der Waals surface area contributed by atoms with Crippen LogP contribution in [-0.4, -0.2) is 42.4 Å². The molecule has 3 atom stereocenters. The number of aromatic nitrogens is 3. The normalized spacial score (nSPS) is 23.1. The molecular formula is C16H23ClFN5O3S. The van der Waals surface area contributed by atoms with E-state index in [-0.39, 0.29) is 41.1 Å². The van der Waals surface area contributed by atoms with E-state index < -0.39 is 15.8 Å². The molecule has 0 spiro atoms. The first-order valence-corrected chi connectivity index (χ1v) is 9.80. The van der Waals surface area contributed by atoms with Crippen LogP contribution in [0.25, 0.3) is 5.69 Å². The number of halogens is 2. The van der Waals surface area contributed by atoms with Crippen LogP contribution in [-0.2, 0) is 14.8 Å². The van der Waals surface area contributed by atoms with Crippen molar-refractivity contribution < 1.29 is 17.5 Å². The summed E-state index contributed by atoms with van der Waals surface area (Å²) in [6.07, 6.45) is 2.12. The molecule has 4 N–H and O–H groups in total. The molecule has 1 aliphatic rings. The summed E-state index contributed by atoms with van der Waals surface area (Å²) >= 11 is 0. The molecule has 150 valence electrons. The summed E-state index contributed by atoms with van der Waals surface area (Å²) in [5, 5.41) is 9.42. The van der Waals surface area contributed by atoms with Crippen molar-refractivity contribution in [2.45, 2.75) is 49.1 Å². The smallest absolute Gasteiger partial charge is 0.238 e. The van der Waals surface area contributed by atoms with E-state index in [2.05, 4.69) is 10.1 Å². The molecule has 1 heterocycles. The Labute approximate surface area is 163 Å². The molecule has 0 radical (unpaired) electrons. The zero-order valence-electron chi connectivity index (χ0n) is 15.0. The van der Waals surface area contributed by atoms with Gasteiger partial charge in [-0.25, -0.2) is 27.6 Å². The summed E-state index contributed by atoms with van der Waals surface area (Å²) < 4.78 is 44.4. The van der Waals surface area contributed by atoms with Gasteiger partial charge in [-0.1, -0.05) is 0 Å². The van der Waals surface area contributed by atoms with Crippen molar-refractivity contribution in [3.63, 3.8) is 0 Å². The van der Waals surface area contributed by atoms with Crippen LogP contribution in [0.5, 0.6) is 0 Å². The minimum absolute atomic E-state index is 0. The van der Waals surface area contributed by atoms with E-state index in [0.29, 0.717) is 18.1 Å². The summed E-state index contributed by atoms with van der Waals surface area (Å²) in [5.74, 6) is 0.370. The maximum Gasteiger partial charge on any atom is 0.238 e. The third kappa shape index (κ3) is 4.46. The number of sulfonamides is 1. The molecule has 27 heavy (non-hydrogen) atoms. The number of aryl methyl sites for hydroxylation is 1. The summed E-state index contributed by atoms with van der Waals surface area (Å²) in [7, 11) is -2.33. The SMILES string of the molecule is CO[C@@H]1CC[C@H](c2nc(C)nn2-c2cc(S(N)(=O)=O)ccc2F)C[C@H]1N.Cl. The van der Waals surface area contributed by atoms with Crippen LogP contribution in [0.3, 0.4) is 0 Å². The number of nitrogens with zero attached hydrogens (tertiary/aromatic N) is 3. The first kappa shape index (κ1) is 21.7. The van der Waals surface area contributed by atoms with E-state index in [4.69, 9.17) is 15.6 Å². The second-order valence-corrected chi connectivity index (χ2v) is 8.10. The van der Waals surface area contributed by atoms with E-state index in [0.717, 1.165) is 25.0 Å². The highest BCUT2D eigenvalue weighted by Crippen LogP contribution is 2.34. The number of hydrogen-bond acceptors (Lipinski definition) is 6. The highest BCUT2D eigenvalue weighted by molar-refractivity contribution is 7.89. The number of hydrogen-bond donors (Lipinski definition) is 2. The van der Waals surface area contributed by atoms with Gasteiger partial charge in [-0.2, -0.15) is 5.10 Å². The van der Waals surface area contributed by atoms with Crippen LogP contribution >= 0.6 is 12.4 Å². The monoisotopic (exact) mass is 419 g/mol. The van der Waals surface area contributed by atoms with Gasteiger partial charge < -0.3 is 10.5 Å². The second kappa shape index (κ2) is 8.19. The van der Waals surface area contributed by atoms with Gasteiger partial charge in [-0.05, 0) is 44.4 Å². The predicted molar refractivity (Wildman–Crippen MR) is 100 cm³/mol. The number of ether oxygens (including phenoxy) is 1. The van der Waals surface area contributed by atoms with Crippen molar-refractivity contribution in [2.75, 3.05) is 7.11 Å². The number of benzene rings is 1. The standard InChI is InChI=1S/C16H22FN5O3S.ClH/c1-9-20-16(10-3-6-15(25-2)13(18)7-10)22(21-9)14-8-11(26(19,23)24)4-5-12(14)17;/h4-5,8,10,13,15H,3,6-7,18H2,1-2H3,(H2,19,23,24);1H/t10-,13+,15+;/m0./s1. The topological polar surface area (TPSA) is 126 Å². The molecule has 8 nitrogen and oxygen atoms in total. The molecule has 0 aliphatic heterocycles. The molecule has 3 rings (SSSR count). The van der Waals surface area contributed by atoms with Crippen LogP contribution in [0.2, 0.25) is 0 Å². The van der Waals surface area contributed by atoms with Crippen molar-refractivity contribution in [1.29, 1.82) is 0 Å². The van der Waals surface area contributed by atoms with Crippen molar-refractivity contribution in [3.8, 4) is 5.69 Å². The van der Waals surface area contributed by atoms with Gasteiger partial charge >= 0.3 is 0 Å². The molecular weight excluding hydrogens is 397 g/mol. The van der Waals surface area contributed by atoms with Crippen LogP contribution in [0.15, 0.2) is 23.1 Å². The third-order valence-electron chi connectivity index (χ3n) is 4.71. The first-order chi connectivity index (χ1) is 12.2. The van der Waals surface area contributed by atoms with Gasteiger partial charge in [-0.3, -0.25) is 0 Å². The number of rotatable bonds is 4. The average molecular weight is 420 g/mol. The van der Waals surface area contributed by atoms with Gasteiger partial charge in [-0.15, -0.1) is 12.4 Å². The predicted octanol–water partition coefficient (Wildman–Crippen LogP) is 1.39. The molecule has 1 aliphatic carbocycles. The van der Waals surface area contributed by atoms with E-state index >= 15 is 0 Å². The Bertz CT molecular complexity index is 921. The number of methoxy groups -OCH3 is 1. The van der Waals surface area contributed by atoms with Crippen molar-refractivity contribution >= 4 is 22.4 Å². The summed E-state index contributed by atoms with van der Waals surface area (Å²) in [6, 6.07) is 3.19. The summed E-state index contributed by atoms with van der Waals surface area (Å²) in [5.41, 5.74) is 6.17. The third-order valence-corrected chi connectivity index (χ3v) is 5.63. The Morgan fingerprint density at radius 2 is 2.04 bits per heavy atom. The molecule has 2 aromatic rings. The highest BCUT2D eigenvalue weighted by Gasteiger charge is 2.32. The molecule has 0 saturated heterocycles. The van der Waals surface area contributed by atoms with E-state index in [1.807, 2.05) is 0 Å². The Morgan fingerprint density at radius 1 is 1.33 bits per heavy atom. The average Bonchev–Trinajstić information content (AvgIpc) is 2.95. The first-order valence-electron chi connectivity index (χ1n) is 8.25. The lowest BCUT2D eigenvalue weighted by molar-refractivity contribution is 0.0482. The van der Waals surface area contributed by atoms with Gasteiger partial charge in [0, 0.05) is 19.1 Å². The van der Waals surface area contributed by atoms with Crippen molar-refractivity contribution in [1.82, 2.24) is 14.8 Å². The largest absolute Gasteiger partial charge is 0.380 e. The van der Waals surface area contributed by atoms with E-state index in [1.54, 1.807) is 14.0 Å². The fourth-order valence-electron chi connectivity index (χ4n) is 3.41. The van der Waals surface area contributed by atoms with Crippen LogP contribution < -0.4 is 10.9 Å². The van der Waals surface area contributed by atoms with Crippen molar-refractivity contribution in [2.24, 2.45) is 10.9 Å². The Morgan fingerprint density at radius 3 is 2.63 bits per heavy atom. The number of nitrogens with two attached hydrogens (primary N) is 2. The Hall–Kier alpha value is -1.59. The van der Waals surface area contributed by atoms with Gasteiger partial charge in [0.05, 0.1) is 11.0 Å². The lowest BCUT2D eigenvalue weighted by Gasteiger charge is -2.32. The lowest BCUT2D eigenvalue weighted by atomic mass is 9.83. The van der Waals surface area contributed by atoms with Gasteiger partial charge in [0.1, 0.15) is 23.2 Å². The lowest BCUT2D eigenvalue weighted by Crippen LogP contribution is -2.41. The summed E-state index contributed by atoms with van der Waals surface area (Å²) in [6.45, 7) is 1.70. The minimum atomic E-state index is -3.97. The second-order valence-electron chi connectivity index (χ2n) is 6.54. The molecule has 1 aromatic carbocycles. The van der Waals surface area contributed by atoms with Crippen molar-refractivity contribution in [3.05, 3.63) is 35.7 Å². The Balaban J connectivity index is 0.00000261. The maximum absolute atomic E-state index is 14.4. The van der Waals surface area contributed by atoms with Crippen LogP contribution in [0.4, 0.5) is 4.39 Å². The molecule has 1 aromatic heterocycles. The van der Waals surface area contributed by atoms with Gasteiger partial charge in [0.15, 0.2) is 0 Å². The quantitative estimate of drug-likeness (QED) is 0.771. The summed E-state index contributed by atoms with van der Waals surface area (Å²) in [4.78, 5) is 4.25. The highest BCUT2D eigenvalue weighted by atomic mass is 35.5. The van der Waals surface area contributed by atoms with E-state index in [1.165, 1.54) is 10.7 Å². The Kier molecular flexibility index (Phi) is 6.59. The molecule has 11 heteroatoms. The zero-order valence-corrected chi connectivity index (χ0v) is 16.6. The fourth-order valence-corrected chi connectivity index (χ4v) is 3.94. The minimum Gasteiger partial charge on any atom is -0.380 e. The molecule has 0 bridgehead atoms.